The normalized spacial score (nSPS) is 36.9. The van der Waals surface area contributed by atoms with E-state index in [-0.39, 0.29) is 5.41 Å². The van der Waals surface area contributed by atoms with Gasteiger partial charge in [0.05, 0.1) is 15.6 Å². The summed E-state index contributed by atoms with van der Waals surface area (Å²) in [6.07, 6.45) is 4.94. The molecule has 4 heteroatoms. The van der Waals surface area contributed by atoms with Crippen LogP contribution >= 0.6 is 23.2 Å². The van der Waals surface area contributed by atoms with Gasteiger partial charge >= 0.3 is 0 Å². The first-order chi connectivity index (χ1) is 9.93. The second kappa shape index (κ2) is 5.73. The van der Waals surface area contributed by atoms with Gasteiger partial charge in [-0.05, 0) is 81.1 Å². The molecule has 1 aliphatic heterocycles. The molecule has 2 aliphatic rings. The van der Waals surface area contributed by atoms with Crippen LogP contribution in [0.25, 0.3) is 0 Å². The summed E-state index contributed by atoms with van der Waals surface area (Å²) in [5, 5.41) is 15.1. The van der Waals surface area contributed by atoms with Crippen molar-refractivity contribution in [3.63, 3.8) is 0 Å². The molecule has 2 N–H and O–H groups in total. The highest BCUT2D eigenvalue weighted by molar-refractivity contribution is 6.42. The van der Waals surface area contributed by atoms with Gasteiger partial charge in [0.25, 0.3) is 0 Å². The van der Waals surface area contributed by atoms with Crippen LogP contribution in [0, 0.1) is 5.92 Å². The molecule has 2 fully saturated rings. The third-order valence-corrected chi connectivity index (χ3v) is 6.29. The van der Waals surface area contributed by atoms with Crippen LogP contribution in [-0.4, -0.2) is 23.8 Å². The lowest BCUT2D eigenvalue weighted by molar-refractivity contribution is -0.0105. The molecule has 0 unspecified atom stereocenters. The second-order valence-electron chi connectivity index (χ2n) is 6.97. The molecule has 0 aromatic heterocycles. The van der Waals surface area contributed by atoms with Gasteiger partial charge in [0.15, 0.2) is 0 Å². The molecule has 0 bridgehead atoms. The summed E-state index contributed by atoms with van der Waals surface area (Å²) >= 11 is 12.3. The van der Waals surface area contributed by atoms with Crippen molar-refractivity contribution in [2.45, 2.75) is 50.0 Å². The van der Waals surface area contributed by atoms with Gasteiger partial charge in [-0.3, -0.25) is 0 Å². The van der Waals surface area contributed by atoms with Crippen molar-refractivity contribution in [2.24, 2.45) is 5.92 Å². The maximum atomic E-state index is 10.3. The van der Waals surface area contributed by atoms with Gasteiger partial charge in [0.1, 0.15) is 0 Å². The average molecular weight is 328 g/mol. The molecule has 21 heavy (non-hydrogen) atoms. The summed E-state index contributed by atoms with van der Waals surface area (Å²) in [5.74, 6) is 0.617. The van der Waals surface area contributed by atoms with Crippen LogP contribution in [0.5, 0.6) is 0 Å². The minimum Gasteiger partial charge on any atom is -0.390 e. The molecule has 0 radical (unpaired) electrons. The molecule has 1 aromatic rings. The molecule has 2 nitrogen and oxygen atoms in total. The molecule has 1 aromatic carbocycles. The Morgan fingerprint density at radius 2 is 1.86 bits per heavy atom. The van der Waals surface area contributed by atoms with E-state index in [9.17, 15) is 5.11 Å². The van der Waals surface area contributed by atoms with Crippen molar-refractivity contribution >= 4 is 23.2 Å². The number of benzene rings is 1. The molecular weight excluding hydrogens is 305 g/mol. The van der Waals surface area contributed by atoms with E-state index in [1.165, 1.54) is 12.0 Å². The number of halogens is 2. The molecule has 3 rings (SSSR count). The Hall–Kier alpha value is -0.280. The first kappa shape index (κ1) is 15.6. The lowest BCUT2D eigenvalue weighted by Crippen LogP contribution is -2.44. The third kappa shape index (κ3) is 2.96. The Labute approximate surface area is 136 Å². The molecule has 1 aliphatic carbocycles. The Balaban J connectivity index is 1.98. The number of hydrogen-bond acceptors (Lipinski definition) is 2. The number of nitrogens with one attached hydrogen (secondary N) is 1. The zero-order valence-electron chi connectivity index (χ0n) is 12.5. The lowest BCUT2D eigenvalue weighted by Gasteiger charge is -2.47. The number of hydrogen-bond donors (Lipinski definition) is 2. The molecule has 116 valence electrons. The summed E-state index contributed by atoms with van der Waals surface area (Å²) < 4.78 is 0. The molecule has 1 atom stereocenters. The first-order valence-electron chi connectivity index (χ1n) is 7.82. The van der Waals surface area contributed by atoms with E-state index < -0.39 is 5.60 Å². The predicted molar refractivity (Wildman–Crippen MR) is 88.2 cm³/mol. The van der Waals surface area contributed by atoms with E-state index in [1.54, 1.807) is 0 Å². The van der Waals surface area contributed by atoms with Crippen molar-refractivity contribution in [3.05, 3.63) is 33.8 Å². The molecule has 1 saturated heterocycles. The summed E-state index contributed by atoms with van der Waals surface area (Å²) in [7, 11) is 0. The molecular formula is C17H23Cl2NO. The van der Waals surface area contributed by atoms with Crippen molar-refractivity contribution < 1.29 is 5.11 Å². The van der Waals surface area contributed by atoms with Crippen LogP contribution in [0.2, 0.25) is 10.0 Å². The van der Waals surface area contributed by atoms with Crippen molar-refractivity contribution in [2.75, 3.05) is 13.1 Å². The van der Waals surface area contributed by atoms with E-state index in [1.807, 2.05) is 19.1 Å². The Morgan fingerprint density at radius 3 is 2.43 bits per heavy atom. The highest BCUT2D eigenvalue weighted by atomic mass is 35.5. The standard InChI is InChI=1S/C17H23Cl2NO/c1-16(21)5-7-17(8-6-16,13-4-9-20-11-13)12-2-3-14(18)15(19)10-12/h2-3,10,13,20-21H,4-9,11H2,1H3/t13-,16?,17?/m0/s1. The van der Waals surface area contributed by atoms with Gasteiger partial charge in [-0.1, -0.05) is 29.3 Å². The quantitative estimate of drug-likeness (QED) is 0.854. The van der Waals surface area contributed by atoms with Gasteiger partial charge in [-0.25, -0.2) is 0 Å². The van der Waals surface area contributed by atoms with Crippen LogP contribution in [-0.2, 0) is 5.41 Å². The zero-order chi connectivity index (χ0) is 15.1. The van der Waals surface area contributed by atoms with Gasteiger partial charge in [0.2, 0.25) is 0 Å². The van der Waals surface area contributed by atoms with E-state index in [2.05, 4.69) is 11.4 Å². The summed E-state index contributed by atoms with van der Waals surface area (Å²) in [6.45, 7) is 4.10. The molecule has 0 spiro atoms. The van der Waals surface area contributed by atoms with Gasteiger partial charge < -0.3 is 10.4 Å². The maximum absolute atomic E-state index is 10.3. The fourth-order valence-corrected chi connectivity index (χ4v) is 4.40. The van der Waals surface area contributed by atoms with Crippen molar-refractivity contribution in [1.82, 2.24) is 5.32 Å². The van der Waals surface area contributed by atoms with Crippen LogP contribution in [0.1, 0.15) is 44.6 Å². The van der Waals surface area contributed by atoms with Gasteiger partial charge in [-0.15, -0.1) is 0 Å². The van der Waals surface area contributed by atoms with E-state index in [0.717, 1.165) is 38.8 Å². The predicted octanol–water partition coefficient (Wildman–Crippen LogP) is 4.17. The van der Waals surface area contributed by atoms with E-state index in [0.29, 0.717) is 16.0 Å². The fourth-order valence-electron chi connectivity index (χ4n) is 4.10. The topological polar surface area (TPSA) is 32.3 Å². The molecule has 0 amide bonds. The number of aliphatic hydroxyl groups is 1. The van der Waals surface area contributed by atoms with Gasteiger partial charge in [-0.2, -0.15) is 0 Å². The summed E-state index contributed by atoms with van der Waals surface area (Å²) in [6, 6.07) is 6.09. The second-order valence-corrected chi connectivity index (χ2v) is 7.79. The highest BCUT2D eigenvalue weighted by Crippen LogP contribution is 2.50. The maximum Gasteiger partial charge on any atom is 0.0620 e. The number of rotatable bonds is 2. The monoisotopic (exact) mass is 327 g/mol. The largest absolute Gasteiger partial charge is 0.390 e. The Bertz CT molecular complexity index is 514. The minimum absolute atomic E-state index is 0.125. The van der Waals surface area contributed by atoms with Crippen LogP contribution in [0.4, 0.5) is 0 Å². The molecule has 1 saturated carbocycles. The Kier molecular flexibility index (Phi) is 4.26. The minimum atomic E-state index is -0.522. The average Bonchev–Trinajstić information content (AvgIpc) is 2.97. The van der Waals surface area contributed by atoms with Crippen molar-refractivity contribution in [3.8, 4) is 0 Å². The van der Waals surface area contributed by atoms with Crippen LogP contribution in [0.3, 0.4) is 0 Å². The van der Waals surface area contributed by atoms with Crippen LogP contribution < -0.4 is 5.32 Å². The fraction of sp³-hybridized carbons (Fsp3) is 0.647. The molecule has 1 heterocycles. The first-order valence-corrected chi connectivity index (χ1v) is 8.57. The summed E-state index contributed by atoms with van der Waals surface area (Å²) in [5.41, 5.74) is 0.896. The summed E-state index contributed by atoms with van der Waals surface area (Å²) in [4.78, 5) is 0. The third-order valence-electron chi connectivity index (χ3n) is 5.56. The smallest absolute Gasteiger partial charge is 0.0620 e. The Morgan fingerprint density at radius 1 is 1.14 bits per heavy atom. The van der Waals surface area contributed by atoms with Crippen LogP contribution in [0.15, 0.2) is 18.2 Å². The van der Waals surface area contributed by atoms with Crippen molar-refractivity contribution in [1.29, 1.82) is 0 Å². The van der Waals surface area contributed by atoms with Gasteiger partial charge in [0, 0.05) is 0 Å². The SMILES string of the molecule is CC1(O)CCC(c2ccc(Cl)c(Cl)c2)([C@H]2CCNC2)CC1. The zero-order valence-corrected chi connectivity index (χ0v) is 14.0. The lowest BCUT2D eigenvalue weighted by atomic mass is 9.59. The van der Waals surface area contributed by atoms with E-state index >= 15 is 0 Å². The highest BCUT2D eigenvalue weighted by Gasteiger charge is 2.46. The van der Waals surface area contributed by atoms with E-state index in [4.69, 9.17) is 23.2 Å².